The Hall–Kier alpha value is -1.46. The van der Waals surface area contributed by atoms with Gasteiger partial charge in [0.1, 0.15) is 0 Å². The van der Waals surface area contributed by atoms with E-state index >= 15 is 0 Å². The zero-order chi connectivity index (χ0) is 15.5. The quantitative estimate of drug-likeness (QED) is 0.873. The van der Waals surface area contributed by atoms with Crippen LogP contribution in [0.15, 0.2) is 24.7 Å². The van der Waals surface area contributed by atoms with E-state index in [9.17, 15) is 0 Å². The minimum absolute atomic E-state index is 0.749. The molecule has 0 aromatic carbocycles. The third kappa shape index (κ3) is 3.40. The summed E-state index contributed by atoms with van der Waals surface area (Å²) < 4.78 is 2.12. The molecule has 0 aliphatic carbocycles. The van der Waals surface area contributed by atoms with Gasteiger partial charge in [-0.15, -0.1) is 0 Å². The number of nitrogens with zero attached hydrogens (tertiary/aromatic N) is 5. The predicted octanol–water partition coefficient (Wildman–Crippen LogP) is 2.57. The van der Waals surface area contributed by atoms with Gasteiger partial charge in [-0.05, 0) is 51.4 Å². The monoisotopic (exact) mass is 313 g/mol. The van der Waals surface area contributed by atoms with Crippen molar-refractivity contribution < 1.29 is 0 Å². The summed E-state index contributed by atoms with van der Waals surface area (Å²) in [6.07, 6.45) is 14.1. The highest BCUT2D eigenvalue weighted by molar-refractivity contribution is 5.30. The van der Waals surface area contributed by atoms with Crippen LogP contribution in [-0.2, 0) is 6.54 Å². The number of hydrogen-bond acceptors (Lipinski definition) is 4. The Balaban J connectivity index is 1.43. The van der Waals surface area contributed by atoms with Crippen LogP contribution in [0.3, 0.4) is 0 Å². The van der Waals surface area contributed by atoms with Crippen LogP contribution in [0.25, 0.3) is 5.78 Å². The van der Waals surface area contributed by atoms with E-state index in [4.69, 9.17) is 0 Å². The first-order chi connectivity index (χ1) is 11.4. The molecular weight excluding hydrogens is 286 g/mol. The molecule has 5 heteroatoms. The Bertz CT molecular complexity index is 629. The lowest BCUT2D eigenvalue weighted by molar-refractivity contribution is 0.0947. The molecule has 2 aliphatic heterocycles. The highest BCUT2D eigenvalue weighted by Crippen LogP contribution is 2.21. The molecule has 1 atom stereocenters. The molecule has 124 valence electrons. The molecule has 0 unspecified atom stereocenters. The van der Waals surface area contributed by atoms with Crippen LogP contribution in [-0.4, -0.2) is 56.4 Å². The number of fused-ring (bicyclic) bond motifs is 1. The molecule has 0 bridgehead atoms. The first kappa shape index (κ1) is 15.1. The summed E-state index contributed by atoms with van der Waals surface area (Å²) in [7, 11) is 0. The molecule has 2 fully saturated rings. The fourth-order valence-corrected chi connectivity index (χ4v) is 4.16. The van der Waals surface area contributed by atoms with Crippen molar-refractivity contribution in [2.45, 2.75) is 51.1 Å². The van der Waals surface area contributed by atoms with Crippen molar-refractivity contribution in [3.8, 4) is 0 Å². The summed E-state index contributed by atoms with van der Waals surface area (Å²) in [6.45, 7) is 6.00. The van der Waals surface area contributed by atoms with Gasteiger partial charge in [-0.1, -0.05) is 12.8 Å². The molecule has 5 nitrogen and oxygen atoms in total. The van der Waals surface area contributed by atoms with Crippen molar-refractivity contribution in [3.05, 3.63) is 30.4 Å². The van der Waals surface area contributed by atoms with E-state index in [2.05, 4.69) is 30.4 Å². The van der Waals surface area contributed by atoms with E-state index in [1.807, 2.05) is 18.5 Å². The van der Waals surface area contributed by atoms with Gasteiger partial charge in [0.2, 0.25) is 5.78 Å². The first-order valence-corrected chi connectivity index (χ1v) is 9.13. The smallest absolute Gasteiger partial charge is 0.233 e. The van der Waals surface area contributed by atoms with E-state index in [1.165, 1.54) is 70.4 Å². The Kier molecular flexibility index (Phi) is 4.57. The number of likely N-dealkylation sites (tertiary alicyclic amines) is 2. The van der Waals surface area contributed by atoms with E-state index in [-0.39, 0.29) is 0 Å². The largest absolute Gasteiger partial charge is 0.299 e. The topological polar surface area (TPSA) is 36.7 Å². The lowest BCUT2D eigenvalue weighted by atomic mass is 10.0. The van der Waals surface area contributed by atoms with Crippen LogP contribution >= 0.6 is 0 Å². The summed E-state index contributed by atoms with van der Waals surface area (Å²) >= 11 is 0. The van der Waals surface area contributed by atoms with E-state index in [0.29, 0.717) is 0 Å². The zero-order valence-corrected chi connectivity index (χ0v) is 13.9. The van der Waals surface area contributed by atoms with Gasteiger partial charge in [-0.25, -0.2) is 9.97 Å². The van der Waals surface area contributed by atoms with Gasteiger partial charge in [0.05, 0.1) is 11.9 Å². The zero-order valence-electron chi connectivity index (χ0n) is 13.9. The van der Waals surface area contributed by atoms with Gasteiger partial charge < -0.3 is 0 Å². The molecule has 2 aromatic heterocycles. The van der Waals surface area contributed by atoms with E-state index in [1.54, 1.807) is 0 Å². The SMILES string of the molecule is c1cnc2ncc(CN3CCC[C@@H](N4CCCCCC4)C3)n2c1. The van der Waals surface area contributed by atoms with Crippen LogP contribution in [0.4, 0.5) is 0 Å². The van der Waals surface area contributed by atoms with Crippen molar-refractivity contribution in [3.63, 3.8) is 0 Å². The first-order valence-electron chi connectivity index (χ1n) is 9.13. The van der Waals surface area contributed by atoms with Crippen LogP contribution < -0.4 is 0 Å². The van der Waals surface area contributed by atoms with Crippen molar-refractivity contribution in [1.82, 2.24) is 24.2 Å². The second-order valence-electron chi connectivity index (χ2n) is 7.02. The van der Waals surface area contributed by atoms with Gasteiger partial charge in [-0.3, -0.25) is 14.2 Å². The van der Waals surface area contributed by atoms with Crippen molar-refractivity contribution in [1.29, 1.82) is 0 Å². The minimum atomic E-state index is 0.749. The lowest BCUT2D eigenvalue weighted by Crippen LogP contribution is -2.48. The number of aromatic nitrogens is 3. The molecule has 0 N–H and O–H groups in total. The van der Waals surface area contributed by atoms with Gasteiger partial charge in [-0.2, -0.15) is 0 Å². The summed E-state index contributed by atoms with van der Waals surface area (Å²) in [5.41, 5.74) is 1.25. The van der Waals surface area contributed by atoms with Crippen LogP contribution in [0.1, 0.15) is 44.2 Å². The molecule has 2 saturated heterocycles. The van der Waals surface area contributed by atoms with Crippen LogP contribution in [0, 0.1) is 0 Å². The summed E-state index contributed by atoms with van der Waals surface area (Å²) in [4.78, 5) is 14.1. The minimum Gasteiger partial charge on any atom is -0.299 e. The molecule has 4 rings (SSSR count). The predicted molar refractivity (Wildman–Crippen MR) is 91.3 cm³/mol. The maximum Gasteiger partial charge on any atom is 0.233 e. The average Bonchev–Trinajstić information content (AvgIpc) is 2.82. The molecule has 0 saturated carbocycles. The highest BCUT2D eigenvalue weighted by Gasteiger charge is 2.26. The van der Waals surface area contributed by atoms with Gasteiger partial charge >= 0.3 is 0 Å². The summed E-state index contributed by atoms with van der Waals surface area (Å²) in [5.74, 6) is 0.809. The molecule has 0 amide bonds. The van der Waals surface area contributed by atoms with E-state index in [0.717, 1.165) is 18.4 Å². The molecule has 0 radical (unpaired) electrons. The third-order valence-electron chi connectivity index (χ3n) is 5.39. The summed E-state index contributed by atoms with van der Waals surface area (Å²) in [6, 6.07) is 2.73. The van der Waals surface area contributed by atoms with Gasteiger partial charge in [0.15, 0.2) is 0 Å². The fraction of sp³-hybridized carbons (Fsp3) is 0.667. The Morgan fingerprint density at radius 3 is 2.74 bits per heavy atom. The number of hydrogen-bond donors (Lipinski definition) is 0. The Morgan fingerprint density at radius 2 is 1.87 bits per heavy atom. The average molecular weight is 313 g/mol. The second kappa shape index (κ2) is 6.97. The number of rotatable bonds is 3. The van der Waals surface area contributed by atoms with E-state index < -0.39 is 0 Å². The van der Waals surface area contributed by atoms with Gasteiger partial charge in [0, 0.05) is 31.5 Å². The maximum atomic E-state index is 4.42. The lowest BCUT2D eigenvalue weighted by Gasteiger charge is -2.39. The normalized spacial score (nSPS) is 24.8. The van der Waals surface area contributed by atoms with Crippen molar-refractivity contribution >= 4 is 5.78 Å². The number of imidazole rings is 1. The Labute approximate surface area is 138 Å². The molecular formula is C18H27N5. The fourth-order valence-electron chi connectivity index (χ4n) is 4.16. The van der Waals surface area contributed by atoms with Crippen LogP contribution in [0.2, 0.25) is 0 Å². The van der Waals surface area contributed by atoms with Gasteiger partial charge in [0.25, 0.3) is 0 Å². The molecule has 23 heavy (non-hydrogen) atoms. The maximum absolute atomic E-state index is 4.42. The second-order valence-corrected chi connectivity index (χ2v) is 7.02. The molecule has 0 spiro atoms. The molecule has 2 aromatic rings. The standard InChI is InChI=1S/C18H27N5/c1-2-4-11-22(10-3-1)16-7-5-9-21(14-16)15-17-13-20-18-19-8-6-12-23(17)18/h6,8,12-13,16H,1-5,7,9-11,14-15H2/t16-/m1/s1. The van der Waals surface area contributed by atoms with Crippen LogP contribution in [0.5, 0.6) is 0 Å². The summed E-state index contributed by atoms with van der Waals surface area (Å²) in [5, 5.41) is 0. The molecule has 2 aliphatic rings. The Morgan fingerprint density at radius 1 is 1.00 bits per heavy atom. The van der Waals surface area contributed by atoms with Crippen molar-refractivity contribution in [2.75, 3.05) is 26.2 Å². The molecule has 4 heterocycles. The third-order valence-corrected chi connectivity index (χ3v) is 5.39. The highest BCUT2D eigenvalue weighted by atomic mass is 15.2. The van der Waals surface area contributed by atoms with Crippen molar-refractivity contribution in [2.24, 2.45) is 0 Å². The number of piperidine rings is 1.